The highest BCUT2D eigenvalue weighted by atomic mass is 16.5. The van der Waals surface area contributed by atoms with Crippen LogP contribution in [-0.2, 0) is 17.9 Å². The predicted octanol–water partition coefficient (Wildman–Crippen LogP) is 3.23. The van der Waals surface area contributed by atoms with Crippen molar-refractivity contribution < 1.29 is 18.9 Å². The lowest BCUT2D eigenvalue weighted by atomic mass is 10.1. The van der Waals surface area contributed by atoms with Gasteiger partial charge in [-0.2, -0.15) is 0 Å². The van der Waals surface area contributed by atoms with Crippen LogP contribution in [0.15, 0.2) is 47.5 Å². The Balaban J connectivity index is 1.82. The first-order valence-electron chi connectivity index (χ1n) is 9.96. The van der Waals surface area contributed by atoms with E-state index in [1.54, 1.807) is 28.4 Å². The smallest absolute Gasteiger partial charge is 0.203 e. The summed E-state index contributed by atoms with van der Waals surface area (Å²) in [5.74, 6) is 2.89. The molecule has 1 atom stereocenters. The Morgan fingerprint density at radius 1 is 0.933 bits per heavy atom. The zero-order valence-corrected chi connectivity index (χ0v) is 18.5. The molecule has 0 amide bonds. The van der Waals surface area contributed by atoms with Crippen molar-refractivity contribution in [2.45, 2.75) is 20.1 Å². The summed E-state index contributed by atoms with van der Waals surface area (Å²) in [4.78, 5) is 4.29. The third-order valence-electron chi connectivity index (χ3n) is 4.59. The number of nitrogens with one attached hydrogen (secondary N) is 2. The van der Waals surface area contributed by atoms with Crippen molar-refractivity contribution in [1.82, 2.24) is 10.6 Å². The molecule has 0 saturated heterocycles. The molecule has 2 N–H and O–H groups in total. The van der Waals surface area contributed by atoms with E-state index in [4.69, 9.17) is 18.9 Å². The van der Waals surface area contributed by atoms with Gasteiger partial charge in [0, 0.05) is 25.7 Å². The van der Waals surface area contributed by atoms with Crippen LogP contribution in [0.4, 0.5) is 0 Å². The Morgan fingerprint density at radius 2 is 1.67 bits per heavy atom. The van der Waals surface area contributed by atoms with Crippen LogP contribution in [0.25, 0.3) is 0 Å². The summed E-state index contributed by atoms with van der Waals surface area (Å²) in [6, 6.07) is 14.0. The molecule has 0 aliphatic rings. The molecule has 0 aliphatic heterocycles. The molecule has 7 nitrogen and oxygen atoms in total. The van der Waals surface area contributed by atoms with Crippen LogP contribution in [0.1, 0.15) is 18.1 Å². The largest absolute Gasteiger partial charge is 0.493 e. The summed E-state index contributed by atoms with van der Waals surface area (Å²) in [6.07, 6.45) is 0. The molecule has 30 heavy (non-hydrogen) atoms. The second-order valence-electron chi connectivity index (χ2n) is 6.91. The van der Waals surface area contributed by atoms with Crippen molar-refractivity contribution in [2.75, 3.05) is 41.5 Å². The molecule has 0 bridgehead atoms. The van der Waals surface area contributed by atoms with E-state index < -0.39 is 0 Å². The first kappa shape index (κ1) is 23.3. The fourth-order valence-corrected chi connectivity index (χ4v) is 2.98. The van der Waals surface area contributed by atoms with Gasteiger partial charge >= 0.3 is 0 Å². The molecule has 0 heterocycles. The van der Waals surface area contributed by atoms with Gasteiger partial charge in [-0.1, -0.05) is 37.3 Å². The van der Waals surface area contributed by atoms with E-state index in [1.807, 2.05) is 30.3 Å². The SMILES string of the molecule is CN=C(NCc1ccc(OC)c(OC)c1OC)NCC(C)COCc1ccccc1. The Bertz CT molecular complexity index is 797. The van der Waals surface area contributed by atoms with Gasteiger partial charge in [-0.15, -0.1) is 0 Å². The van der Waals surface area contributed by atoms with Gasteiger partial charge < -0.3 is 29.6 Å². The number of benzene rings is 2. The van der Waals surface area contributed by atoms with E-state index in [9.17, 15) is 0 Å². The number of hydrogen-bond acceptors (Lipinski definition) is 5. The monoisotopic (exact) mass is 415 g/mol. The Kier molecular flexibility index (Phi) is 9.80. The standard InChI is InChI=1S/C23H33N3O4/c1-17(15-30-16-18-9-7-6-8-10-18)13-25-23(24-2)26-14-19-11-12-20(27-3)22(29-5)21(19)28-4/h6-12,17H,13-16H2,1-5H3,(H2,24,25,26). The fraction of sp³-hybridized carbons (Fsp3) is 0.435. The Labute approximate surface area is 179 Å². The molecule has 2 aromatic rings. The van der Waals surface area contributed by atoms with Crippen LogP contribution in [0.2, 0.25) is 0 Å². The molecule has 7 heteroatoms. The molecule has 0 fully saturated rings. The fourth-order valence-electron chi connectivity index (χ4n) is 2.98. The van der Waals surface area contributed by atoms with Gasteiger partial charge in [-0.05, 0) is 23.6 Å². The van der Waals surface area contributed by atoms with Crippen molar-refractivity contribution in [3.63, 3.8) is 0 Å². The minimum atomic E-state index is 0.336. The lowest BCUT2D eigenvalue weighted by molar-refractivity contribution is 0.0931. The highest BCUT2D eigenvalue weighted by molar-refractivity contribution is 5.79. The van der Waals surface area contributed by atoms with Crippen LogP contribution in [0, 0.1) is 5.92 Å². The molecule has 2 rings (SSSR count). The van der Waals surface area contributed by atoms with Crippen molar-refractivity contribution in [3.8, 4) is 17.2 Å². The van der Waals surface area contributed by atoms with Crippen molar-refractivity contribution >= 4 is 5.96 Å². The van der Waals surface area contributed by atoms with Gasteiger partial charge in [-0.3, -0.25) is 4.99 Å². The quantitative estimate of drug-likeness (QED) is 0.434. The number of methoxy groups -OCH3 is 3. The summed E-state index contributed by atoms with van der Waals surface area (Å²) in [5.41, 5.74) is 2.12. The third-order valence-corrected chi connectivity index (χ3v) is 4.59. The Morgan fingerprint density at radius 3 is 2.30 bits per heavy atom. The number of guanidine groups is 1. The van der Waals surface area contributed by atoms with Gasteiger partial charge in [0.15, 0.2) is 17.5 Å². The number of aliphatic imine (C=N–C) groups is 1. The number of nitrogens with zero attached hydrogens (tertiary/aromatic N) is 1. The normalized spacial score (nSPS) is 12.2. The van der Waals surface area contributed by atoms with Gasteiger partial charge in [0.05, 0.1) is 34.5 Å². The maximum Gasteiger partial charge on any atom is 0.203 e. The highest BCUT2D eigenvalue weighted by Gasteiger charge is 2.16. The van der Waals surface area contributed by atoms with E-state index >= 15 is 0 Å². The maximum absolute atomic E-state index is 5.81. The first-order valence-corrected chi connectivity index (χ1v) is 9.96. The van der Waals surface area contributed by atoms with Crippen molar-refractivity contribution in [1.29, 1.82) is 0 Å². The maximum atomic E-state index is 5.81. The summed E-state index contributed by atoms with van der Waals surface area (Å²) in [7, 11) is 6.56. The van der Waals surface area contributed by atoms with Crippen LogP contribution in [0.3, 0.4) is 0 Å². The van der Waals surface area contributed by atoms with Gasteiger partial charge in [-0.25, -0.2) is 0 Å². The van der Waals surface area contributed by atoms with Crippen molar-refractivity contribution in [3.05, 3.63) is 53.6 Å². The first-order chi connectivity index (χ1) is 14.6. The Hall–Kier alpha value is -2.93. The van der Waals surface area contributed by atoms with Crippen LogP contribution in [-0.4, -0.2) is 47.5 Å². The highest BCUT2D eigenvalue weighted by Crippen LogP contribution is 2.39. The van der Waals surface area contributed by atoms with Gasteiger partial charge in [0.1, 0.15) is 0 Å². The zero-order chi connectivity index (χ0) is 21.8. The average Bonchev–Trinajstić information content (AvgIpc) is 2.79. The summed E-state index contributed by atoms with van der Waals surface area (Å²) in [6.45, 7) is 4.71. The molecule has 0 spiro atoms. The lowest BCUT2D eigenvalue weighted by Gasteiger charge is -2.18. The lowest BCUT2D eigenvalue weighted by Crippen LogP contribution is -2.39. The van der Waals surface area contributed by atoms with E-state index in [-0.39, 0.29) is 0 Å². The second kappa shape index (κ2) is 12.6. The van der Waals surface area contributed by atoms with Crippen LogP contribution < -0.4 is 24.8 Å². The summed E-state index contributed by atoms with van der Waals surface area (Å²) in [5, 5.41) is 6.65. The minimum absolute atomic E-state index is 0.336. The average molecular weight is 416 g/mol. The number of ether oxygens (including phenoxy) is 4. The summed E-state index contributed by atoms with van der Waals surface area (Å²) < 4.78 is 22.1. The predicted molar refractivity (Wildman–Crippen MR) is 120 cm³/mol. The molecule has 0 radical (unpaired) electrons. The number of hydrogen-bond donors (Lipinski definition) is 2. The third kappa shape index (κ3) is 6.84. The second-order valence-corrected chi connectivity index (χ2v) is 6.91. The minimum Gasteiger partial charge on any atom is -0.493 e. The molecule has 1 unspecified atom stereocenters. The molecule has 0 saturated carbocycles. The van der Waals surface area contributed by atoms with E-state index in [1.165, 1.54) is 5.56 Å². The topological polar surface area (TPSA) is 73.3 Å². The van der Waals surface area contributed by atoms with Gasteiger partial charge in [0.25, 0.3) is 0 Å². The van der Waals surface area contributed by atoms with E-state index in [0.29, 0.717) is 48.9 Å². The summed E-state index contributed by atoms with van der Waals surface area (Å²) >= 11 is 0. The molecule has 164 valence electrons. The zero-order valence-electron chi connectivity index (χ0n) is 18.5. The van der Waals surface area contributed by atoms with E-state index in [0.717, 1.165) is 12.1 Å². The van der Waals surface area contributed by atoms with Gasteiger partial charge in [0.2, 0.25) is 5.75 Å². The molecule has 0 aliphatic carbocycles. The van der Waals surface area contributed by atoms with Crippen molar-refractivity contribution in [2.24, 2.45) is 10.9 Å². The molecule has 0 aromatic heterocycles. The molecular weight excluding hydrogens is 382 g/mol. The number of rotatable bonds is 11. The van der Waals surface area contributed by atoms with Crippen LogP contribution in [0.5, 0.6) is 17.2 Å². The van der Waals surface area contributed by atoms with E-state index in [2.05, 4.69) is 34.7 Å². The molecule has 2 aromatic carbocycles. The molecular formula is C23H33N3O4. The van der Waals surface area contributed by atoms with Crippen LogP contribution >= 0.6 is 0 Å².